The Balaban J connectivity index is 1.95. The predicted octanol–water partition coefficient (Wildman–Crippen LogP) is 2.98. The molecule has 0 radical (unpaired) electrons. The molecule has 0 aliphatic carbocycles. The Morgan fingerprint density at radius 3 is 2.71 bits per heavy atom. The van der Waals surface area contributed by atoms with Crippen LogP contribution in [-0.4, -0.2) is 25.6 Å². The average Bonchev–Trinajstić information content (AvgIpc) is 2.81. The van der Waals surface area contributed by atoms with Crippen LogP contribution in [0.4, 0.5) is 0 Å². The first kappa shape index (κ1) is 12.7. The third-order valence-electron chi connectivity index (χ3n) is 2.66. The quantitative estimate of drug-likeness (QED) is 0.847. The number of hydrogen-bond donors (Lipinski definition) is 0. The van der Waals surface area contributed by atoms with E-state index in [1.54, 1.807) is 18.2 Å². The van der Waals surface area contributed by atoms with Crippen molar-refractivity contribution in [2.75, 3.05) is 19.8 Å². The van der Waals surface area contributed by atoms with Crippen molar-refractivity contribution in [2.24, 2.45) is 5.92 Å². The van der Waals surface area contributed by atoms with Crippen LogP contribution in [0.2, 0.25) is 10.0 Å². The fourth-order valence-corrected chi connectivity index (χ4v) is 2.18. The van der Waals surface area contributed by atoms with E-state index in [9.17, 15) is 4.79 Å². The molecular weight excluding hydrogens is 263 g/mol. The van der Waals surface area contributed by atoms with Crippen molar-refractivity contribution in [3.05, 3.63) is 28.2 Å². The van der Waals surface area contributed by atoms with Crippen LogP contribution in [0.25, 0.3) is 0 Å². The van der Waals surface area contributed by atoms with Gasteiger partial charge in [0.2, 0.25) is 0 Å². The van der Waals surface area contributed by atoms with Crippen molar-refractivity contribution in [2.45, 2.75) is 6.42 Å². The Morgan fingerprint density at radius 2 is 2.12 bits per heavy atom. The first-order valence-corrected chi connectivity index (χ1v) is 6.11. The molecule has 92 valence electrons. The molecule has 1 aromatic carbocycles. The van der Waals surface area contributed by atoms with E-state index in [2.05, 4.69) is 0 Å². The highest BCUT2D eigenvalue weighted by atomic mass is 35.5. The second-order valence-electron chi connectivity index (χ2n) is 3.87. The molecule has 2 rings (SSSR count). The maximum atomic E-state index is 11.8. The van der Waals surface area contributed by atoms with E-state index in [1.165, 1.54) is 0 Å². The van der Waals surface area contributed by atoms with Crippen molar-refractivity contribution in [1.82, 2.24) is 0 Å². The van der Waals surface area contributed by atoms with Gasteiger partial charge in [0.05, 0.1) is 16.7 Å². The molecule has 0 bridgehead atoms. The summed E-state index contributed by atoms with van der Waals surface area (Å²) < 4.78 is 10.5. The van der Waals surface area contributed by atoms with E-state index in [-0.39, 0.29) is 18.3 Å². The van der Waals surface area contributed by atoms with Crippen LogP contribution < -0.4 is 4.74 Å². The Hall–Kier alpha value is -0.770. The van der Waals surface area contributed by atoms with Gasteiger partial charge in [0, 0.05) is 12.5 Å². The van der Waals surface area contributed by atoms with Gasteiger partial charge in [0.1, 0.15) is 6.61 Å². The zero-order valence-electron chi connectivity index (χ0n) is 9.12. The van der Waals surface area contributed by atoms with Gasteiger partial charge in [-0.1, -0.05) is 29.3 Å². The highest BCUT2D eigenvalue weighted by Crippen LogP contribution is 2.32. The van der Waals surface area contributed by atoms with E-state index < -0.39 is 0 Å². The molecule has 1 aromatic rings. The maximum absolute atomic E-state index is 11.8. The van der Waals surface area contributed by atoms with Gasteiger partial charge in [-0.05, 0) is 18.6 Å². The number of ketones is 1. The topological polar surface area (TPSA) is 35.5 Å². The maximum Gasteiger partial charge on any atom is 0.175 e. The molecule has 0 N–H and O–H groups in total. The van der Waals surface area contributed by atoms with E-state index in [4.69, 9.17) is 32.7 Å². The van der Waals surface area contributed by atoms with Crippen LogP contribution in [0.1, 0.15) is 6.42 Å². The lowest BCUT2D eigenvalue weighted by Crippen LogP contribution is -2.21. The number of carbonyl (C=O) groups is 1. The summed E-state index contributed by atoms with van der Waals surface area (Å²) in [6, 6.07) is 5.07. The molecule has 1 saturated heterocycles. The Kier molecular flexibility index (Phi) is 4.26. The summed E-state index contributed by atoms with van der Waals surface area (Å²) in [4.78, 5) is 11.8. The minimum Gasteiger partial charge on any atom is -0.483 e. The summed E-state index contributed by atoms with van der Waals surface area (Å²) in [5.41, 5.74) is 0. The zero-order valence-corrected chi connectivity index (χ0v) is 10.6. The van der Waals surface area contributed by atoms with Crippen LogP contribution in [0, 0.1) is 5.92 Å². The summed E-state index contributed by atoms with van der Waals surface area (Å²) in [6.45, 7) is 1.11. The minimum absolute atomic E-state index is 0.0164. The van der Waals surface area contributed by atoms with Gasteiger partial charge < -0.3 is 9.47 Å². The SMILES string of the molecule is O=C(COc1c(Cl)cccc1Cl)C1CCOC1. The van der Waals surface area contributed by atoms with Gasteiger partial charge in [0.15, 0.2) is 11.5 Å². The van der Waals surface area contributed by atoms with Crippen molar-refractivity contribution >= 4 is 29.0 Å². The highest BCUT2D eigenvalue weighted by Gasteiger charge is 2.24. The molecule has 1 aliphatic heterocycles. The largest absolute Gasteiger partial charge is 0.483 e. The van der Waals surface area contributed by atoms with Crippen molar-refractivity contribution in [3.63, 3.8) is 0 Å². The standard InChI is InChI=1S/C12H12Cl2O3/c13-9-2-1-3-10(14)12(9)17-7-11(15)8-4-5-16-6-8/h1-3,8H,4-7H2. The molecule has 0 saturated carbocycles. The number of carbonyl (C=O) groups excluding carboxylic acids is 1. The number of para-hydroxylation sites is 1. The van der Waals surface area contributed by atoms with Crippen LogP contribution in [0.5, 0.6) is 5.75 Å². The van der Waals surface area contributed by atoms with Gasteiger partial charge >= 0.3 is 0 Å². The third kappa shape index (κ3) is 3.12. The summed E-state index contributed by atoms with van der Waals surface area (Å²) in [5, 5.41) is 0.820. The summed E-state index contributed by atoms with van der Waals surface area (Å²) >= 11 is 11.9. The Morgan fingerprint density at radius 1 is 1.41 bits per heavy atom. The molecule has 0 spiro atoms. The lowest BCUT2D eigenvalue weighted by atomic mass is 10.0. The highest BCUT2D eigenvalue weighted by molar-refractivity contribution is 6.37. The average molecular weight is 275 g/mol. The van der Waals surface area contributed by atoms with Crippen LogP contribution >= 0.6 is 23.2 Å². The second-order valence-corrected chi connectivity index (χ2v) is 4.68. The predicted molar refractivity (Wildman–Crippen MR) is 65.9 cm³/mol. The molecule has 1 aliphatic rings. The second kappa shape index (κ2) is 5.71. The molecule has 5 heteroatoms. The molecule has 17 heavy (non-hydrogen) atoms. The molecule has 3 nitrogen and oxygen atoms in total. The first-order chi connectivity index (χ1) is 8.18. The van der Waals surface area contributed by atoms with Crippen molar-refractivity contribution in [1.29, 1.82) is 0 Å². The molecule has 1 heterocycles. The monoisotopic (exact) mass is 274 g/mol. The molecule has 1 atom stereocenters. The van der Waals surface area contributed by atoms with Gasteiger partial charge in [0.25, 0.3) is 0 Å². The third-order valence-corrected chi connectivity index (χ3v) is 3.26. The zero-order chi connectivity index (χ0) is 12.3. The van der Waals surface area contributed by atoms with Crippen LogP contribution in [0.15, 0.2) is 18.2 Å². The fourth-order valence-electron chi connectivity index (χ4n) is 1.67. The molecule has 1 fully saturated rings. The van der Waals surface area contributed by atoms with E-state index >= 15 is 0 Å². The summed E-state index contributed by atoms with van der Waals surface area (Å²) in [5.74, 6) is 0.331. The van der Waals surface area contributed by atoms with Crippen LogP contribution in [0.3, 0.4) is 0 Å². The number of benzene rings is 1. The Labute approximate surface area is 110 Å². The van der Waals surface area contributed by atoms with Gasteiger partial charge in [-0.3, -0.25) is 4.79 Å². The van der Waals surface area contributed by atoms with Gasteiger partial charge in [-0.15, -0.1) is 0 Å². The normalized spacial score (nSPS) is 19.3. The molecule has 1 unspecified atom stereocenters. The number of halogens is 2. The number of hydrogen-bond acceptors (Lipinski definition) is 3. The number of Topliss-reactive ketones (excluding diaryl/α,β-unsaturated/α-hetero) is 1. The van der Waals surface area contributed by atoms with Crippen LogP contribution in [-0.2, 0) is 9.53 Å². The minimum atomic E-state index is -0.0590. The van der Waals surface area contributed by atoms with E-state index in [0.29, 0.717) is 29.0 Å². The Bertz CT molecular complexity index is 394. The number of rotatable bonds is 4. The van der Waals surface area contributed by atoms with Crippen molar-refractivity contribution < 1.29 is 14.3 Å². The van der Waals surface area contributed by atoms with Crippen molar-refractivity contribution in [3.8, 4) is 5.75 Å². The first-order valence-electron chi connectivity index (χ1n) is 5.35. The number of ether oxygens (including phenoxy) is 2. The van der Waals surface area contributed by atoms with Gasteiger partial charge in [-0.2, -0.15) is 0 Å². The summed E-state index contributed by atoms with van der Waals surface area (Å²) in [6.07, 6.45) is 0.762. The van der Waals surface area contributed by atoms with E-state index in [0.717, 1.165) is 6.42 Å². The van der Waals surface area contributed by atoms with E-state index in [1.807, 2.05) is 0 Å². The summed E-state index contributed by atoms with van der Waals surface area (Å²) in [7, 11) is 0. The lowest BCUT2D eigenvalue weighted by Gasteiger charge is -2.11. The molecular formula is C12H12Cl2O3. The fraction of sp³-hybridized carbons (Fsp3) is 0.417. The molecule has 0 aromatic heterocycles. The van der Waals surface area contributed by atoms with Gasteiger partial charge in [-0.25, -0.2) is 0 Å². The lowest BCUT2D eigenvalue weighted by molar-refractivity contribution is -0.124. The smallest absolute Gasteiger partial charge is 0.175 e. The molecule has 0 amide bonds.